The number of benzene rings is 1. The van der Waals surface area contributed by atoms with Crippen molar-refractivity contribution in [1.82, 2.24) is 10.2 Å². The van der Waals surface area contributed by atoms with Crippen molar-refractivity contribution in [3.05, 3.63) is 45.4 Å². The van der Waals surface area contributed by atoms with Gasteiger partial charge in [-0.15, -0.1) is 6.58 Å². The number of piperazine rings is 1. The van der Waals surface area contributed by atoms with E-state index in [4.69, 9.17) is 0 Å². The second-order valence-corrected chi connectivity index (χ2v) is 6.00. The predicted octanol–water partition coefficient (Wildman–Crippen LogP) is 3.34. The zero-order chi connectivity index (χ0) is 12.3. The minimum absolute atomic E-state index is 0.297. The van der Waals surface area contributed by atoms with Gasteiger partial charge in [-0.25, -0.2) is 0 Å². The van der Waals surface area contributed by atoms with Crippen LogP contribution in [-0.4, -0.2) is 31.1 Å². The van der Waals surface area contributed by atoms with Gasteiger partial charge in [0.1, 0.15) is 0 Å². The molecule has 0 aromatic heterocycles. The van der Waals surface area contributed by atoms with Crippen LogP contribution < -0.4 is 5.32 Å². The summed E-state index contributed by atoms with van der Waals surface area (Å²) in [7, 11) is 0. The van der Waals surface area contributed by atoms with Gasteiger partial charge in [0.15, 0.2) is 0 Å². The zero-order valence-electron chi connectivity index (χ0n) is 9.63. The number of rotatable bonds is 3. The van der Waals surface area contributed by atoms with E-state index in [0.29, 0.717) is 6.04 Å². The van der Waals surface area contributed by atoms with E-state index in [-0.39, 0.29) is 0 Å². The Balaban J connectivity index is 2.24. The van der Waals surface area contributed by atoms with E-state index >= 15 is 0 Å². The fraction of sp³-hybridized carbons (Fsp3) is 0.385. The van der Waals surface area contributed by atoms with Crippen molar-refractivity contribution in [3.8, 4) is 0 Å². The van der Waals surface area contributed by atoms with Crippen molar-refractivity contribution in [2.75, 3.05) is 26.2 Å². The lowest BCUT2D eigenvalue weighted by Gasteiger charge is -2.33. The van der Waals surface area contributed by atoms with Crippen LogP contribution in [0.1, 0.15) is 11.6 Å². The summed E-state index contributed by atoms with van der Waals surface area (Å²) in [6.07, 6.45) is 2.03. The van der Waals surface area contributed by atoms with E-state index in [1.807, 2.05) is 6.08 Å². The van der Waals surface area contributed by atoms with Crippen molar-refractivity contribution in [2.24, 2.45) is 0 Å². The molecule has 1 aliphatic heterocycles. The van der Waals surface area contributed by atoms with Crippen LogP contribution in [0.4, 0.5) is 0 Å². The van der Waals surface area contributed by atoms with Crippen molar-refractivity contribution < 1.29 is 0 Å². The number of hydrogen-bond donors (Lipinski definition) is 1. The van der Waals surface area contributed by atoms with Gasteiger partial charge in [0.2, 0.25) is 0 Å². The molecule has 1 saturated heterocycles. The Morgan fingerprint density at radius 2 is 1.76 bits per heavy atom. The van der Waals surface area contributed by atoms with Crippen LogP contribution in [0.2, 0.25) is 0 Å². The lowest BCUT2D eigenvalue weighted by Crippen LogP contribution is -2.44. The van der Waals surface area contributed by atoms with Gasteiger partial charge in [0.25, 0.3) is 0 Å². The summed E-state index contributed by atoms with van der Waals surface area (Å²) >= 11 is 7.08. The topological polar surface area (TPSA) is 15.3 Å². The average Bonchev–Trinajstić information content (AvgIpc) is 2.30. The third-order valence-corrected chi connectivity index (χ3v) is 3.91. The molecule has 4 heteroatoms. The quantitative estimate of drug-likeness (QED) is 0.832. The minimum Gasteiger partial charge on any atom is -0.314 e. The van der Waals surface area contributed by atoms with Crippen LogP contribution in [0.25, 0.3) is 0 Å². The van der Waals surface area contributed by atoms with Crippen LogP contribution in [0.15, 0.2) is 39.8 Å². The van der Waals surface area contributed by atoms with Gasteiger partial charge >= 0.3 is 0 Å². The van der Waals surface area contributed by atoms with Crippen LogP contribution in [0, 0.1) is 0 Å². The molecule has 0 radical (unpaired) electrons. The molecule has 2 nitrogen and oxygen atoms in total. The Morgan fingerprint density at radius 1 is 1.18 bits per heavy atom. The van der Waals surface area contributed by atoms with Gasteiger partial charge in [0.05, 0.1) is 6.04 Å². The number of nitrogens with zero attached hydrogens (tertiary/aromatic N) is 1. The molecule has 1 aliphatic rings. The van der Waals surface area contributed by atoms with Gasteiger partial charge in [0, 0.05) is 35.1 Å². The van der Waals surface area contributed by atoms with Crippen molar-refractivity contribution in [2.45, 2.75) is 6.04 Å². The van der Waals surface area contributed by atoms with Gasteiger partial charge < -0.3 is 5.32 Å². The molecule has 1 aromatic rings. The van der Waals surface area contributed by atoms with E-state index in [1.54, 1.807) is 0 Å². The fourth-order valence-corrected chi connectivity index (χ4v) is 3.53. The smallest absolute Gasteiger partial charge is 0.0530 e. The summed E-state index contributed by atoms with van der Waals surface area (Å²) in [5.74, 6) is 0. The summed E-state index contributed by atoms with van der Waals surface area (Å²) in [5.41, 5.74) is 1.28. The Morgan fingerprint density at radius 3 is 2.29 bits per heavy atom. The largest absolute Gasteiger partial charge is 0.314 e. The summed E-state index contributed by atoms with van der Waals surface area (Å²) in [4.78, 5) is 2.46. The molecule has 0 saturated carbocycles. The van der Waals surface area contributed by atoms with E-state index < -0.39 is 0 Å². The summed E-state index contributed by atoms with van der Waals surface area (Å²) < 4.78 is 2.20. The van der Waals surface area contributed by atoms with E-state index in [0.717, 1.165) is 35.1 Å². The first-order chi connectivity index (χ1) is 8.20. The maximum absolute atomic E-state index is 3.98. The third kappa shape index (κ3) is 3.41. The Labute approximate surface area is 119 Å². The molecule has 0 bridgehead atoms. The van der Waals surface area contributed by atoms with Crippen molar-refractivity contribution >= 4 is 31.9 Å². The summed E-state index contributed by atoms with van der Waals surface area (Å²) in [6.45, 7) is 8.23. The molecule has 1 N–H and O–H groups in total. The molecule has 0 amide bonds. The molecule has 1 fully saturated rings. The second-order valence-electron chi connectivity index (χ2n) is 4.17. The second kappa shape index (κ2) is 6.14. The monoisotopic (exact) mass is 358 g/mol. The van der Waals surface area contributed by atoms with Crippen LogP contribution in [0.5, 0.6) is 0 Å². The maximum atomic E-state index is 3.98. The molecular weight excluding hydrogens is 344 g/mol. The Bertz CT molecular complexity index is 380. The van der Waals surface area contributed by atoms with Gasteiger partial charge in [-0.1, -0.05) is 37.9 Å². The lowest BCUT2D eigenvalue weighted by atomic mass is 10.0. The molecule has 92 valence electrons. The predicted molar refractivity (Wildman–Crippen MR) is 79.2 cm³/mol. The van der Waals surface area contributed by atoms with Crippen LogP contribution in [-0.2, 0) is 0 Å². The van der Waals surface area contributed by atoms with Crippen molar-refractivity contribution in [1.29, 1.82) is 0 Å². The first kappa shape index (κ1) is 13.3. The molecule has 0 spiro atoms. The molecule has 1 heterocycles. The Kier molecular flexibility index (Phi) is 4.79. The molecule has 1 aromatic carbocycles. The molecule has 17 heavy (non-hydrogen) atoms. The number of nitrogens with one attached hydrogen (secondary N) is 1. The first-order valence-corrected chi connectivity index (χ1v) is 7.32. The van der Waals surface area contributed by atoms with E-state index in [2.05, 4.69) is 66.9 Å². The highest BCUT2D eigenvalue weighted by molar-refractivity contribution is 9.11. The first-order valence-electron chi connectivity index (χ1n) is 5.74. The lowest BCUT2D eigenvalue weighted by molar-refractivity contribution is 0.203. The summed E-state index contributed by atoms with van der Waals surface area (Å²) in [5, 5.41) is 3.37. The number of halogens is 2. The fourth-order valence-electron chi connectivity index (χ4n) is 2.20. The van der Waals surface area contributed by atoms with Gasteiger partial charge in [-0.2, -0.15) is 0 Å². The SMILES string of the molecule is C=C[C@@H](c1cc(Br)cc(Br)c1)N1CCNCC1. The maximum Gasteiger partial charge on any atom is 0.0530 e. The highest BCUT2D eigenvalue weighted by Gasteiger charge is 2.19. The van der Waals surface area contributed by atoms with Gasteiger partial charge in [-0.05, 0) is 23.8 Å². The standard InChI is InChI=1S/C13H16Br2N2/c1-2-13(17-5-3-16-4-6-17)10-7-11(14)9-12(15)8-10/h2,7-9,13,16H,1,3-6H2/t13-/m0/s1. The molecule has 2 rings (SSSR count). The van der Waals surface area contributed by atoms with E-state index in [9.17, 15) is 0 Å². The number of hydrogen-bond acceptors (Lipinski definition) is 2. The minimum atomic E-state index is 0.297. The van der Waals surface area contributed by atoms with Crippen molar-refractivity contribution in [3.63, 3.8) is 0 Å². The van der Waals surface area contributed by atoms with Crippen LogP contribution in [0.3, 0.4) is 0 Å². The molecule has 0 unspecified atom stereocenters. The molecular formula is C13H16Br2N2. The highest BCUT2D eigenvalue weighted by Crippen LogP contribution is 2.28. The molecule has 1 atom stereocenters. The average molecular weight is 360 g/mol. The summed E-state index contributed by atoms with van der Waals surface area (Å²) in [6, 6.07) is 6.69. The molecule has 0 aliphatic carbocycles. The van der Waals surface area contributed by atoms with Gasteiger partial charge in [-0.3, -0.25) is 4.90 Å². The Hall–Kier alpha value is -0.160. The third-order valence-electron chi connectivity index (χ3n) is 2.99. The highest BCUT2D eigenvalue weighted by atomic mass is 79.9. The van der Waals surface area contributed by atoms with Crippen LogP contribution >= 0.6 is 31.9 Å². The normalized spacial score (nSPS) is 18.9. The zero-order valence-corrected chi connectivity index (χ0v) is 12.8. The van der Waals surface area contributed by atoms with E-state index in [1.165, 1.54) is 5.56 Å².